The Kier molecular flexibility index (Phi) is 2.53. The number of carbonyl (C=O) groups is 3. The summed E-state index contributed by atoms with van der Waals surface area (Å²) in [6.45, 7) is 0. The number of barbiturate groups is 1. The van der Waals surface area contributed by atoms with Crippen LogP contribution in [-0.2, 0) is 19.7 Å². The summed E-state index contributed by atoms with van der Waals surface area (Å²) < 4.78 is 29.1. The molecule has 9 heteroatoms. The van der Waals surface area contributed by atoms with Crippen LogP contribution < -0.4 is 5.32 Å². The Labute approximate surface area is 78.6 Å². The van der Waals surface area contributed by atoms with Gasteiger partial charge in [-0.25, -0.2) is 9.69 Å². The summed E-state index contributed by atoms with van der Waals surface area (Å²) in [5, 5.41) is 1.73. The zero-order valence-electron chi connectivity index (χ0n) is 6.76. The number of nitrogens with zero attached hydrogens (tertiary/aromatic N) is 1. The van der Waals surface area contributed by atoms with Gasteiger partial charge in [0.2, 0.25) is 11.8 Å². The van der Waals surface area contributed by atoms with Gasteiger partial charge in [-0.05, 0) is 0 Å². The molecule has 1 aliphatic heterocycles. The average Bonchev–Trinajstić information content (AvgIpc) is 1.95. The van der Waals surface area contributed by atoms with E-state index in [1.165, 1.54) is 0 Å². The number of urea groups is 1. The number of nitrogens with one attached hydrogen (secondary N) is 1. The van der Waals surface area contributed by atoms with Crippen LogP contribution in [0.5, 0.6) is 0 Å². The van der Waals surface area contributed by atoms with Crippen molar-refractivity contribution in [3.8, 4) is 0 Å². The third-order valence-electron chi connectivity index (χ3n) is 1.40. The minimum atomic E-state index is -4.47. The molecule has 0 bridgehead atoms. The summed E-state index contributed by atoms with van der Waals surface area (Å²) in [6, 6.07) is -1.15. The van der Waals surface area contributed by atoms with E-state index in [-0.39, 0.29) is 4.90 Å². The van der Waals surface area contributed by atoms with Gasteiger partial charge < -0.3 is 0 Å². The fraction of sp³-hybridized carbons (Fsp3) is 0.400. The standard InChI is InChI=1S/C5H6N2O6S/c8-3-1-4(9)7(5(10)6-3)2-14(11,12)13/h1-2H2,(H,6,8,10)(H,11,12,13). The van der Waals surface area contributed by atoms with Crippen LogP contribution in [-0.4, -0.2) is 41.6 Å². The molecule has 14 heavy (non-hydrogen) atoms. The molecule has 0 saturated carbocycles. The smallest absolute Gasteiger partial charge is 0.284 e. The first-order valence-corrected chi connectivity index (χ1v) is 5.00. The van der Waals surface area contributed by atoms with Crippen LogP contribution in [0, 0.1) is 0 Å². The highest BCUT2D eigenvalue weighted by Crippen LogP contribution is 2.03. The second kappa shape index (κ2) is 3.35. The van der Waals surface area contributed by atoms with Crippen LogP contribution >= 0.6 is 0 Å². The Morgan fingerprint density at radius 1 is 1.36 bits per heavy atom. The number of hydrogen-bond donors (Lipinski definition) is 2. The van der Waals surface area contributed by atoms with Crippen molar-refractivity contribution in [3.63, 3.8) is 0 Å². The van der Waals surface area contributed by atoms with Crippen molar-refractivity contribution in [1.82, 2.24) is 10.2 Å². The molecule has 0 aromatic carbocycles. The summed E-state index contributed by atoms with van der Waals surface area (Å²) in [7, 11) is -4.47. The fourth-order valence-electron chi connectivity index (χ4n) is 0.871. The van der Waals surface area contributed by atoms with Crippen LogP contribution in [0.2, 0.25) is 0 Å². The lowest BCUT2D eigenvalue weighted by Gasteiger charge is -2.22. The van der Waals surface area contributed by atoms with Crippen molar-refractivity contribution in [3.05, 3.63) is 0 Å². The largest absolute Gasteiger partial charge is 0.331 e. The maximum absolute atomic E-state index is 11.0. The van der Waals surface area contributed by atoms with Crippen LogP contribution in [0.4, 0.5) is 4.79 Å². The summed E-state index contributed by atoms with van der Waals surface area (Å²) in [6.07, 6.45) is -0.610. The van der Waals surface area contributed by atoms with Crippen molar-refractivity contribution >= 4 is 28.0 Å². The summed E-state index contributed by atoms with van der Waals surface area (Å²) in [4.78, 5) is 32.7. The highest BCUT2D eigenvalue weighted by Gasteiger charge is 2.33. The second-order valence-corrected chi connectivity index (χ2v) is 3.98. The van der Waals surface area contributed by atoms with Gasteiger partial charge in [0.25, 0.3) is 10.1 Å². The molecule has 0 aromatic heterocycles. The molecule has 78 valence electrons. The van der Waals surface area contributed by atoms with E-state index in [2.05, 4.69) is 0 Å². The molecule has 1 fully saturated rings. The van der Waals surface area contributed by atoms with Crippen molar-refractivity contribution in [2.75, 3.05) is 5.88 Å². The van der Waals surface area contributed by atoms with E-state index >= 15 is 0 Å². The predicted octanol–water partition coefficient (Wildman–Crippen LogP) is -1.70. The molecule has 0 aromatic rings. The molecule has 1 saturated heterocycles. The first-order chi connectivity index (χ1) is 6.29. The van der Waals surface area contributed by atoms with Gasteiger partial charge in [-0.1, -0.05) is 0 Å². The molecule has 2 N–H and O–H groups in total. The van der Waals surface area contributed by atoms with Gasteiger partial charge in [0.15, 0.2) is 5.88 Å². The molecule has 1 heterocycles. The van der Waals surface area contributed by atoms with Crippen LogP contribution in [0.1, 0.15) is 6.42 Å². The molecule has 0 unspecified atom stereocenters. The summed E-state index contributed by atoms with van der Waals surface area (Å²) in [5.74, 6) is -2.91. The molecule has 0 spiro atoms. The van der Waals surface area contributed by atoms with Crippen molar-refractivity contribution < 1.29 is 27.4 Å². The number of carbonyl (C=O) groups excluding carboxylic acids is 3. The molecule has 1 aliphatic rings. The van der Waals surface area contributed by atoms with Gasteiger partial charge in [0.05, 0.1) is 0 Å². The highest BCUT2D eigenvalue weighted by atomic mass is 32.2. The van der Waals surface area contributed by atoms with E-state index in [0.717, 1.165) is 0 Å². The minimum absolute atomic E-state index is 0.247. The van der Waals surface area contributed by atoms with E-state index in [1.54, 1.807) is 5.32 Å². The van der Waals surface area contributed by atoms with Crippen molar-refractivity contribution in [1.29, 1.82) is 0 Å². The maximum Gasteiger partial charge on any atom is 0.331 e. The van der Waals surface area contributed by atoms with Gasteiger partial charge in [-0.3, -0.25) is 19.5 Å². The molecule has 0 aliphatic carbocycles. The first-order valence-electron chi connectivity index (χ1n) is 3.39. The number of imide groups is 2. The Morgan fingerprint density at radius 2 is 1.93 bits per heavy atom. The number of amides is 4. The van der Waals surface area contributed by atoms with Gasteiger partial charge in [0.1, 0.15) is 6.42 Å². The molecule has 1 rings (SSSR count). The first kappa shape index (κ1) is 10.6. The zero-order valence-corrected chi connectivity index (χ0v) is 7.57. The van der Waals surface area contributed by atoms with Crippen molar-refractivity contribution in [2.24, 2.45) is 0 Å². The fourth-order valence-corrected chi connectivity index (χ4v) is 1.46. The maximum atomic E-state index is 11.0. The molecular formula is C5H6N2O6S. The monoisotopic (exact) mass is 222 g/mol. The lowest BCUT2D eigenvalue weighted by molar-refractivity contribution is -0.135. The third kappa shape index (κ3) is 2.50. The minimum Gasteiger partial charge on any atom is -0.284 e. The number of hydrogen-bond acceptors (Lipinski definition) is 5. The molecule has 8 nitrogen and oxygen atoms in total. The van der Waals surface area contributed by atoms with Gasteiger partial charge in [-0.2, -0.15) is 8.42 Å². The molecular weight excluding hydrogens is 216 g/mol. The Bertz CT molecular complexity index is 378. The Morgan fingerprint density at radius 3 is 2.36 bits per heavy atom. The SMILES string of the molecule is O=C1CC(=O)N(CS(=O)(=O)O)C(=O)N1. The lowest BCUT2D eigenvalue weighted by atomic mass is 10.3. The second-order valence-electron chi connectivity index (χ2n) is 2.56. The predicted molar refractivity (Wildman–Crippen MR) is 41.4 cm³/mol. The van der Waals surface area contributed by atoms with E-state index in [4.69, 9.17) is 4.55 Å². The molecule has 0 radical (unpaired) electrons. The van der Waals surface area contributed by atoms with Gasteiger partial charge in [0, 0.05) is 0 Å². The molecule has 4 amide bonds. The van der Waals surface area contributed by atoms with Crippen molar-refractivity contribution in [2.45, 2.75) is 6.42 Å². The summed E-state index contributed by atoms with van der Waals surface area (Å²) >= 11 is 0. The van der Waals surface area contributed by atoms with Gasteiger partial charge >= 0.3 is 6.03 Å². The van der Waals surface area contributed by atoms with Crippen LogP contribution in [0.15, 0.2) is 0 Å². The quantitative estimate of drug-likeness (QED) is 0.424. The van der Waals surface area contributed by atoms with Crippen LogP contribution in [0.25, 0.3) is 0 Å². The number of rotatable bonds is 2. The third-order valence-corrected chi connectivity index (χ3v) is 1.98. The summed E-state index contributed by atoms with van der Waals surface area (Å²) in [5.41, 5.74) is 0. The normalized spacial score (nSPS) is 18.4. The topological polar surface area (TPSA) is 121 Å². The van der Waals surface area contributed by atoms with E-state index in [9.17, 15) is 22.8 Å². The average molecular weight is 222 g/mol. The molecule has 0 atom stereocenters. The van der Waals surface area contributed by atoms with E-state index in [0.29, 0.717) is 0 Å². The van der Waals surface area contributed by atoms with Gasteiger partial charge in [-0.15, -0.1) is 0 Å². The Balaban J connectivity index is 2.83. The van der Waals surface area contributed by atoms with Crippen LogP contribution in [0.3, 0.4) is 0 Å². The highest BCUT2D eigenvalue weighted by molar-refractivity contribution is 7.85. The van der Waals surface area contributed by atoms with E-state index < -0.39 is 40.3 Å². The Hall–Kier alpha value is -1.48. The van der Waals surface area contributed by atoms with E-state index in [1.807, 2.05) is 0 Å². The zero-order chi connectivity index (χ0) is 10.9. The lowest BCUT2D eigenvalue weighted by Crippen LogP contribution is -2.53.